The zero-order valence-electron chi connectivity index (χ0n) is 51.9. The van der Waals surface area contributed by atoms with Crippen molar-refractivity contribution < 1.29 is 193 Å². The van der Waals surface area contributed by atoms with Crippen LogP contribution in [0.25, 0.3) is 0 Å². The molecule has 554 valence electrons. The topological polar surface area (TPSA) is 647 Å². The van der Waals surface area contributed by atoms with Gasteiger partial charge in [0.25, 0.3) is 5.79 Å². The lowest BCUT2D eigenvalue weighted by Crippen LogP contribution is -2.70. The standard InChI is InChI=1S/C55H95NO39/c1-14-17(4)82-23(10-61)41(28(14)66)89-48-15(2)29(67)42(24(11-62)86-48)90-51-39(77)45(92-50-38(76)36(74)32(70)20(7-58)83-50)35(73)26(88-51)13-81-53-47(37(75)33(71)21(8-59)85-53)93-49-16(3)30(68)43(25(12-63)87-49)91-52-40(78)46(34(72)22(9-60)84-52)95-55(54(79)80)5-18(64)27(56)44(94-55)31(69)19(65)6-57/h14-53,57-78H,5-13,56H2,1-4H3,(H,79,80)/t14-,15+,16?,17+,18-,19-,20-,21?,22?,23?,24?,25+,26?,27-,28?,29?,30?,31+,32-,33-,34+,35-,36?,37?,38?,39-,40?,41-,42-,43-,44?,45?,46+,47-,48+,49+,50-,51+,52+,53+,55+/m1/s1. The monoisotopic (exact) mass is 1390 g/mol. The van der Waals surface area contributed by atoms with Crippen molar-refractivity contribution >= 4 is 5.97 Å². The van der Waals surface area contributed by atoms with Gasteiger partial charge in [-0.3, -0.25) is 0 Å². The molecule has 0 saturated carbocycles. The van der Waals surface area contributed by atoms with Gasteiger partial charge < -0.3 is 194 Å². The van der Waals surface area contributed by atoms with Crippen molar-refractivity contribution in [3.05, 3.63) is 0 Å². The summed E-state index contributed by atoms with van der Waals surface area (Å²) in [6.07, 6.45) is -67.1. The van der Waals surface area contributed by atoms with Crippen LogP contribution in [-0.2, 0) is 75.8 Å². The predicted octanol–water partition coefficient (Wildman–Crippen LogP) is -14.4. The van der Waals surface area contributed by atoms with Crippen LogP contribution in [0.15, 0.2) is 0 Å². The van der Waals surface area contributed by atoms with Crippen molar-refractivity contribution in [2.75, 3.05) is 52.9 Å². The van der Waals surface area contributed by atoms with Crippen molar-refractivity contribution in [3.8, 4) is 0 Å². The molecule has 8 aliphatic rings. The number of hydrogen-bond acceptors (Lipinski definition) is 39. The first kappa shape index (κ1) is 78.7. The number of aliphatic carboxylic acids is 1. The molecule has 0 aromatic carbocycles. The van der Waals surface area contributed by atoms with E-state index in [0.29, 0.717) is 0 Å². The summed E-state index contributed by atoms with van der Waals surface area (Å²) in [5.41, 5.74) is 5.97. The average Bonchev–Trinajstić information content (AvgIpc) is 0.769. The predicted molar refractivity (Wildman–Crippen MR) is 297 cm³/mol. The van der Waals surface area contributed by atoms with Crippen molar-refractivity contribution in [1.82, 2.24) is 0 Å². The summed E-state index contributed by atoms with van der Waals surface area (Å²) >= 11 is 0. The molecule has 0 bridgehead atoms. The van der Waals surface area contributed by atoms with Crippen LogP contribution in [0.5, 0.6) is 0 Å². The van der Waals surface area contributed by atoms with Crippen LogP contribution in [0.3, 0.4) is 0 Å². The maximum Gasteiger partial charge on any atom is 0.364 e. The number of carboxylic acids is 1. The van der Waals surface area contributed by atoms with Crippen molar-refractivity contribution in [1.29, 1.82) is 0 Å². The highest BCUT2D eigenvalue weighted by Crippen LogP contribution is 2.42. The van der Waals surface area contributed by atoms with Crippen molar-refractivity contribution in [2.45, 2.75) is 267 Å². The van der Waals surface area contributed by atoms with E-state index in [1.807, 2.05) is 0 Å². The van der Waals surface area contributed by atoms with Gasteiger partial charge in [0.05, 0.1) is 89.4 Å². The van der Waals surface area contributed by atoms with Gasteiger partial charge in [-0.25, -0.2) is 4.79 Å². The lowest BCUT2D eigenvalue weighted by molar-refractivity contribution is -0.395. The Balaban J connectivity index is 1.00. The second-order valence-corrected chi connectivity index (χ2v) is 25.3. The average molecular weight is 1390 g/mol. The molecule has 0 radical (unpaired) electrons. The fraction of sp³-hybridized carbons (Fsp3) is 0.982. The number of rotatable bonds is 25. The van der Waals surface area contributed by atoms with Crippen LogP contribution in [-0.4, -0.2) is 409 Å². The van der Waals surface area contributed by atoms with Crippen molar-refractivity contribution in [2.24, 2.45) is 23.5 Å². The smallest absolute Gasteiger partial charge is 0.364 e. The Morgan fingerprint density at radius 1 is 0.432 bits per heavy atom. The third-order valence-corrected chi connectivity index (χ3v) is 19.1. The third kappa shape index (κ3) is 16.3. The van der Waals surface area contributed by atoms with Gasteiger partial charge in [0, 0.05) is 24.2 Å². The number of aliphatic hydroxyl groups excluding tert-OH is 22. The Labute approximate surface area is 541 Å². The first-order chi connectivity index (χ1) is 44.9. The Morgan fingerprint density at radius 3 is 1.32 bits per heavy atom. The molecule has 0 aromatic heterocycles. The molecule has 95 heavy (non-hydrogen) atoms. The minimum atomic E-state index is -3.11. The Kier molecular flexibility index (Phi) is 27.6. The van der Waals surface area contributed by atoms with Crippen LogP contribution in [0.4, 0.5) is 0 Å². The molecule has 0 aliphatic carbocycles. The maximum atomic E-state index is 12.9. The lowest BCUT2D eigenvalue weighted by atomic mass is 9.88. The van der Waals surface area contributed by atoms with E-state index in [1.165, 1.54) is 13.8 Å². The summed E-state index contributed by atoms with van der Waals surface area (Å²) in [6.45, 7) is -1.55. The van der Waals surface area contributed by atoms with E-state index in [-0.39, 0.29) is 0 Å². The number of nitrogens with two attached hydrogens (primary N) is 1. The zero-order valence-corrected chi connectivity index (χ0v) is 51.9. The number of carboxylic acid groups (broad SMARTS) is 1. The second-order valence-electron chi connectivity index (χ2n) is 25.3. The van der Waals surface area contributed by atoms with E-state index < -0.39 is 316 Å². The van der Waals surface area contributed by atoms with Gasteiger partial charge in [-0.1, -0.05) is 20.8 Å². The highest BCUT2D eigenvalue weighted by atomic mass is 16.8. The molecule has 40 heteroatoms. The highest BCUT2D eigenvalue weighted by molar-refractivity contribution is 5.76. The van der Waals surface area contributed by atoms with Crippen LogP contribution < -0.4 is 5.73 Å². The first-order valence-corrected chi connectivity index (χ1v) is 31.2. The lowest BCUT2D eigenvalue weighted by Gasteiger charge is -2.51. The SMILES string of the molecule is CC1C(O)[C@H](O[C@@H]2OC(CO)[C@H](O)[C@H](O[C@]3(C(=O)O)C[C@@H](O)[C@@H](N)C([C@@H](O)[C@H](O)CO)O3)C2O)[C@H](CO)O[C@H]1O[C@@H]1C(O)[C@H](O)C(CO)O[C@@H]1OCC1O[C@@H](O[C@@H]2C(CO)O[C@@H](O[C@@H]3C(CO)O[C@@H](C)[C@@H](C)C3O)[C@@H](C)C2O)[C@H](O)C(O[C@H]2O[C@H](CO)[C@@H](O)C(O)C2O)[C@@H]1O. The van der Waals surface area contributed by atoms with Gasteiger partial charge in [0.2, 0.25) is 0 Å². The van der Waals surface area contributed by atoms with E-state index in [4.69, 9.17) is 76.8 Å². The molecule has 40 nitrogen and oxygen atoms in total. The Bertz CT molecular complexity index is 2360. The number of aliphatic hydroxyl groups is 22. The quantitative estimate of drug-likeness (QED) is 0.0404. The van der Waals surface area contributed by atoms with E-state index in [0.717, 1.165) is 0 Å². The summed E-state index contributed by atoms with van der Waals surface area (Å²) in [6, 6.07) is -1.61. The molecule has 0 spiro atoms. The number of hydrogen-bond donors (Lipinski definition) is 24. The minimum absolute atomic E-state index is 0.499. The molecule has 41 atom stereocenters. The third-order valence-electron chi connectivity index (χ3n) is 19.1. The molecule has 8 heterocycles. The van der Waals surface area contributed by atoms with Gasteiger partial charge in [-0.15, -0.1) is 0 Å². The van der Waals surface area contributed by atoms with Crippen LogP contribution in [0, 0.1) is 17.8 Å². The van der Waals surface area contributed by atoms with E-state index in [9.17, 15) is 122 Å². The van der Waals surface area contributed by atoms with Gasteiger partial charge >= 0.3 is 5.97 Å². The molecular weight excluding hydrogens is 1300 g/mol. The molecule has 8 fully saturated rings. The van der Waals surface area contributed by atoms with E-state index in [2.05, 4.69) is 0 Å². The molecule has 0 aromatic rings. The normalized spacial score (nSPS) is 51.6. The summed E-state index contributed by atoms with van der Waals surface area (Å²) in [4.78, 5) is 12.9. The summed E-state index contributed by atoms with van der Waals surface area (Å²) in [7, 11) is 0. The van der Waals surface area contributed by atoms with Gasteiger partial charge in [0.1, 0.15) is 153 Å². The van der Waals surface area contributed by atoms with Crippen molar-refractivity contribution in [3.63, 3.8) is 0 Å². The Morgan fingerprint density at radius 2 is 0.821 bits per heavy atom. The molecule has 8 saturated heterocycles. The minimum Gasteiger partial charge on any atom is -0.477 e. The molecule has 8 rings (SSSR count). The molecule has 0 amide bonds. The summed E-state index contributed by atoms with van der Waals surface area (Å²) in [5, 5.41) is 250. The molecule has 25 N–H and O–H groups in total. The van der Waals surface area contributed by atoms with Gasteiger partial charge in [-0.05, 0) is 6.92 Å². The molecule has 15 unspecified atom stereocenters. The number of ether oxygens (including phenoxy) is 15. The largest absolute Gasteiger partial charge is 0.477 e. The van der Waals surface area contributed by atoms with Crippen LogP contribution >= 0.6 is 0 Å². The summed E-state index contributed by atoms with van der Waals surface area (Å²) in [5.74, 6) is -8.12. The van der Waals surface area contributed by atoms with Gasteiger partial charge in [0.15, 0.2) is 37.7 Å². The number of carbonyl (C=O) groups is 1. The maximum absolute atomic E-state index is 12.9. The van der Waals surface area contributed by atoms with Gasteiger partial charge in [-0.2, -0.15) is 0 Å². The molecule has 8 aliphatic heterocycles. The first-order valence-electron chi connectivity index (χ1n) is 31.2. The van der Waals surface area contributed by atoms with Crippen LogP contribution in [0.2, 0.25) is 0 Å². The van der Waals surface area contributed by atoms with E-state index >= 15 is 0 Å². The molecular formula is C55H95NO39. The fourth-order valence-corrected chi connectivity index (χ4v) is 12.8. The van der Waals surface area contributed by atoms with Crippen LogP contribution in [0.1, 0.15) is 34.1 Å². The second kappa shape index (κ2) is 33.4. The Hall–Kier alpha value is -2.05. The van der Waals surface area contributed by atoms with E-state index in [1.54, 1.807) is 13.8 Å². The fourth-order valence-electron chi connectivity index (χ4n) is 12.8. The highest BCUT2D eigenvalue weighted by Gasteiger charge is 2.61. The zero-order chi connectivity index (χ0) is 70.1. The summed E-state index contributed by atoms with van der Waals surface area (Å²) < 4.78 is 88.4.